The third kappa shape index (κ3) is 5.43. The molecule has 0 aromatic heterocycles. The predicted octanol–water partition coefficient (Wildman–Crippen LogP) is 2.41. The van der Waals surface area contributed by atoms with Crippen LogP contribution in [0.25, 0.3) is 0 Å². The van der Waals surface area contributed by atoms with Crippen LogP contribution in [0, 0.1) is 5.92 Å². The Morgan fingerprint density at radius 3 is 2.70 bits per heavy atom. The van der Waals surface area contributed by atoms with E-state index in [9.17, 15) is 4.79 Å². The van der Waals surface area contributed by atoms with E-state index in [1.165, 1.54) is 0 Å². The Labute approximate surface area is 139 Å². The number of anilines is 1. The Morgan fingerprint density at radius 2 is 2.04 bits per heavy atom. The van der Waals surface area contributed by atoms with E-state index in [1.807, 2.05) is 33.2 Å². The molecule has 0 amide bonds. The summed E-state index contributed by atoms with van der Waals surface area (Å²) in [6, 6.07) is 8.13. The van der Waals surface area contributed by atoms with Gasteiger partial charge in [0.05, 0.1) is 12.5 Å². The maximum atomic E-state index is 11.9. The summed E-state index contributed by atoms with van der Waals surface area (Å²) in [5.74, 6) is 0.801. The van der Waals surface area contributed by atoms with Gasteiger partial charge in [-0.3, -0.25) is 4.79 Å². The average molecular weight is 320 g/mol. The molecular weight excluding hydrogens is 292 g/mol. The monoisotopic (exact) mass is 320 g/mol. The molecule has 0 radical (unpaired) electrons. The molecule has 1 saturated heterocycles. The first-order valence-electron chi connectivity index (χ1n) is 8.39. The summed E-state index contributed by atoms with van der Waals surface area (Å²) < 4.78 is 10.9. The van der Waals surface area contributed by atoms with Crippen molar-refractivity contribution in [2.75, 3.05) is 51.8 Å². The molecule has 1 heterocycles. The molecule has 1 aliphatic heterocycles. The Bertz CT molecular complexity index is 488. The van der Waals surface area contributed by atoms with Gasteiger partial charge in [0.25, 0.3) is 0 Å². The van der Waals surface area contributed by atoms with E-state index in [1.54, 1.807) is 0 Å². The van der Waals surface area contributed by atoms with Gasteiger partial charge in [0.15, 0.2) is 0 Å². The first kappa shape index (κ1) is 17.6. The number of rotatable bonds is 7. The number of benzene rings is 1. The number of likely N-dealkylation sites (N-methyl/N-ethyl adjacent to an activating group) is 1. The third-order valence-corrected chi connectivity index (χ3v) is 4.05. The number of esters is 1. The van der Waals surface area contributed by atoms with E-state index >= 15 is 0 Å². The quantitative estimate of drug-likeness (QED) is 0.722. The normalized spacial score (nSPS) is 18.1. The fourth-order valence-corrected chi connectivity index (χ4v) is 2.76. The maximum absolute atomic E-state index is 11.9. The van der Waals surface area contributed by atoms with Gasteiger partial charge in [-0.1, -0.05) is 0 Å². The molecule has 0 aliphatic carbocycles. The Balaban J connectivity index is 1.89. The summed E-state index contributed by atoms with van der Waals surface area (Å²) in [6.45, 7) is 5.61. The number of carbonyl (C=O) groups is 1. The van der Waals surface area contributed by atoms with E-state index < -0.39 is 0 Å². The van der Waals surface area contributed by atoms with Gasteiger partial charge in [-0.15, -0.1) is 0 Å². The van der Waals surface area contributed by atoms with Crippen LogP contribution < -0.4 is 9.64 Å². The fraction of sp³-hybridized carbons (Fsp3) is 0.611. The minimum atomic E-state index is -0.0687. The third-order valence-electron chi connectivity index (χ3n) is 4.05. The lowest BCUT2D eigenvalue weighted by molar-refractivity contribution is -0.148. The second-order valence-corrected chi connectivity index (χ2v) is 6.18. The standard InChI is InChI=1S/C18H28N2O3/c1-4-22-18(21)15-6-5-11-20(14-15)16-7-9-17(10-8-16)23-13-12-19(2)3/h7-10,15H,4-6,11-14H2,1-3H3. The van der Waals surface area contributed by atoms with Crippen molar-refractivity contribution in [3.8, 4) is 5.75 Å². The molecule has 1 atom stereocenters. The number of piperidine rings is 1. The summed E-state index contributed by atoms with van der Waals surface area (Å²) in [4.78, 5) is 16.3. The molecule has 1 aliphatic rings. The number of hydrogen-bond acceptors (Lipinski definition) is 5. The first-order valence-corrected chi connectivity index (χ1v) is 8.39. The minimum absolute atomic E-state index is 0.0142. The Kier molecular flexibility index (Phi) is 6.71. The smallest absolute Gasteiger partial charge is 0.310 e. The number of ether oxygens (including phenoxy) is 2. The highest BCUT2D eigenvalue weighted by atomic mass is 16.5. The van der Waals surface area contributed by atoms with Crippen molar-refractivity contribution in [1.82, 2.24) is 4.90 Å². The van der Waals surface area contributed by atoms with Gasteiger partial charge in [0, 0.05) is 25.3 Å². The lowest BCUT2D eigenvalue weighted by atomic mass is 9.97. The van der Waals surface area contributed by atoms with Crippen LogP contribution in [-0.2, 0) is 9.53 Å². The summed E-state index contributed by atoms with van der Waals surface area (Å²) in [6.07, 6.45) is 1.94. The zero-order valence-electron chi connectivity index (χ0n) is 14.5. The molecule has 1 fully saturated rings. The minimum Gasteiger partial charge on any atom is -0.492 e. The van der Waals surface area contributed by atoms with Crippen molar-refractivity contribution in [2.24, 2.45) is 5.92 Å². The molecule has 1 aromatic carbocycles. The molecule has 5 nitrogen and oxygen atoms in total. The summed E-state index contributed by atoms with van der Waals surface area (Å²) in [5.41, 5.74) is 1.14. The van der Waals surface area contributed by atoms with Crippen LogP contribution in [0.15, 0.2) is 24.3 Å². The van der Waals surface area contributed by atoms with Crippen LogP contribution in [0.2, 0.25) is 0 Å². The van der Waals surface area contributed by atoms with Crippen molar-refractivity contribution >= 4 is 11.7 Å². The van der Waals surface area contributed by atoms with Crippen LogP contribution in [-0.4, -0.2) is 57.8 Å². The van der Waals surface area contributed by atoms with Gasteiger partial charge in [0.2, 0.25) is 0 Å². The zero-order chi connectivity index (χ0) is 16.7. The summed E-state index contributed by atoms with van der Waals surface area (Å²) in [5, 5.41) is 0. The van der Waals surface area contributed by atoms with E-state index in [4.69, 9.17) is 9.47 Å². The number of hydrogen-bond donors (Lipinski definition) is 0. The predicted molar refractivity (Wildman–Crippen MR) is 92.1 cm³/mol. The van der Waals surface area contributed by atoms with E-state index in [0.29, 0.717) is 13.2 Å². The van der Waals surface area contributed by atoms with Crippen LogP contribution >= 0.6 is 0 Å². The van der Waals surface area contributed by atoms with Gasteiger partial charge in [-0.25, -0.2) is 0 Å². The van der Waals surface area contributed by atoms with Gasteiger partial charge in [-0.05, 0) is 58.1 Å². The number of nitrogens with zero attached hydrogens (tertiary/aromatic N) is 2. The van der Waals surface area contributed by atoms with E-state index in [-0.39, 0.29) is 11.9 Å². The highest BCUT2D eigenvalue weighted by Gasteiger charge is 2.26. The molecule has 5 heteroatoms. The SMILES string of the molecule is CCOC(=O)C1CCCN(c2ccc(OCCN(C)C)cc2)C1. The largest absolute Gasteiger partial charge is 0.492 e. The molecule has 0 spiro atoms. The van der Waals surface area contributed by atoms with Crippen LogP contribution in [0.3, 0.4) is 0 Å². The van der Waals surface area contributed by atoms with Crippen molar-refractivity contribution in [3.05, 3.63) is 24.3 Å². The average Bonchev–Trinajstić information content (AvgIpc) is 2.55. The molecule has 1 aromatic rings. The lowest BCUT2D eigenvalue weighted by Gasteiger charge is -2.33. The second-order valence-electron chi connectivity index (χ2n) is 6.18. The van der Waals surface area contributed by atoms with Crippen molar-refractivity contribution in [1.29, 1.82) is 0 Å². The van der Waals surface area contributed by atoms with Crippen LogP contribution in [0.4, 0.5) is 5.69 Å². The number of carbonyl (C=O) groups excluding carboxylic acids is 1. The highest BCUT2D eigenvalue weighted by molar-refractivity contribution is 5.73. The molecule has 1 unspecified atom stereocenters. The van der Waals surface area contributed by atoms with Crippen LogP contribution in [0.1, 0.15) is 19.8 Å². The summed E-state index contributed by atoms with van der Waals surface area (Å²) >= 11 is 0. The molecule has 128 valence electrons. The lowest BCUT2D eigenvalue weighted by Crippen LogP contribution is -2.39. The van der Waals surface area contributed by atoms with E-state index in [2.05, 4.69) is 21.9 Å². The zero-order valence-corrected chi connectivity index (χ0v) is 14.5. The van der Waals surface area contributed by atoms with Crippen LogP contribution in [0.5, 0.6) is 5.75 Å². The molecule has 0 saturated carbocycles. The second kappa shape index (κ2) is 8.77. The van der Waals surface area contributed by atoms with Gasteiger partial charge in [0.1, 0.15) is 12.4 Å². The Hall–Kier alpha value is -1.75. The van der Waals surface area contributed by atoms with Crippen molar-refractivity contribution in [3.63, 3.8) is 0 Å². The van der Waals surface area contributed by atoms with E-state index in [0.717, 1.165) is 43.9 Å². The maximum Gasteiger partial charge on any atom is 0.310 e. The molecule has 2 rings (SSSR count). The Morgan fingerprint density at radius 1 is 1.30 bits per heavy atom. The van der Waals surface area contributed by atoms with Gasteiger partial charge < -0.3 is 19.3 Å². The van der Waals surface area contributed by atoms with Gasteiger partial charge >= 0.3 is 5.97 Å². The van der Waals surface area contributed by atoms with Crippen molar-refractivity contribution < 1.29 is 14.3 Å². The topological polar surface area (TPSA) is 42.0 Å². The fourth-order valence-electron chi connectivity index (χ4n) is 2.76. The highest BCUT2D eigenvalue weighted by Crippen LogP contribution is 2.25. The van der Waals surface area contributed by atoms with Crippen molar-refractivity contribution in [2.45, 2.75) is 19.8 Å². The summed E-state index contributed by atoms with van der Waals surface area (Å²) in [7, 11) is 4.06. The first-order chi connectivity index (χ1) is 11.1. The molecular formula is C18H28N2O3. The van der Waals surface area contributed by atoms with Gasteiger partial charge in [-0.2, -0.15) is 0 Å². The molecule has 0 N–H and O–H groups in total. The molecule has 0 bridgehead atoms. The molecule has 23 heavy (non-hydrogen) atoms.